The third-order valence-corrected chi connectivity index (χ3v) is 8.32. The van der Waals surface area contributed by atoms with Crippen molar-refractivity contribution in [2.45, 2.75) is 51.7 Å². The van der Waals surface area contributed by atoms with Gasteiger partial charge in [-0.2, -0.15) is 5.10 Å². The minimum absolute atomic E-state index is 0.0316. The SMILES string of the molecule is Cc1ccc(Cl)cc1C(=O)N1CCC[C@H]2CC21c1cc2nc(N3C[C@@H](C)[C@@H](O)C3)c(C)cn2n1. The zero-order valence-corrected chi connectivity index (χ0v) is 20.6. The maximum Gasteiger partial charge on any atom is 0.254 e. The lowest BCUT2D eigenvalue weighted by Crippen LogP contribution is -2.45. The van der Waals surface area contributed by atoms with Gasteiger partial charge in [-0.05, 0) is 56.7 Å². The number of aliphatic hydroxyl groups is 1. The van der Waals surface area contributed by atoms with Gasteiger partial charge in [-0.25, -0.2) is 9.50 Å². The number of aromatic nitrogens is 3. The van der Waals surface area contributed by atoms with Gasteiger partial charge in [0.2, 0.25) is 0 Å². The Labute approximate surface area is 204 Å². The molecule has 2 aromatic heterocycles. The molecule has 2 aliphatic heterocycles. The summed E-state index contributed by atoms with van der Waals surface area (Å²) in [7, 11) is 0. The number of likely N-dealkylation sites (tertiary alicyclic amines) is 1. The molecule has 0 radical (unpaired) electrons. The van der Waals surface area contributed by atoms with Crippen LogP contribution in [0.3, 0.4) is 0 Å². The molecule has 3 fully saturated rings. The minimum Gasteiger partial charge on any atom is -0.391 e. The van der Waals surface area contributed by atoms with Crippen LogP contribution < -0.4 is 4.90 Å². The van der Waals surface area contributed by atoms with E-state index in [1.807, 2.05) is 41.6 Å². The molecule has 2 saturated heterocycles. The minimum atomic E-state index is -0.371. The van der Waals surface area contributed by atoms with Crippen LogP contribution in [0.2, 0.25) is 5.02 Å². The van der Waals surface area contributed by atoms with E-state index >= 15 is 0 Å². The van der Waals surface area contributed by atoms with E-state index in [1.54, 1.807) is 6.07 Å². The molecule has 178 valence electrons. The van der Waals surface area contributed by atoms with Crippen molar-refractivity contribution in [3.05, 3.63) is 57.9 Å². The van der Waals surface area contributed by atoms with Gasteiger partial charge in [0.1, 0.15) is 5.82 Å². The average Bonchev–Trinajstić information content (AvgIpc) is 3.29. The van der Waals surface area contributed by atoms with Crippen molar-refractivity contribution in [3.63, 3.8) is 0 Å². The van der Waals surface area contributed by atoms with Crippen LogP contribution in [-0.4, -0.2) is 56.2 Å². The number of fused-ring (bicyclic) bond motifs is 2. The first-order chi connectivity index (χ1) is 16.3. The summed E-state index contributed by atoms with van der Waals surface area (Å²) >= 11 is 6.24. The van der Waals surface area contributed by atoms with Gasteiger partial charge in [0.05, 0.1) is 17.3 Å². The molecule has 1 saturated carbocycles. The molecule has 3 aromatic rings. The maximum absolute atomic E-state index is 13.7. The van der Waals surface area contributed by atoms with Crippen molar-refractivity contribution in [2.75, 3.05) is 24.5 Å². The molecule has 1 unspecified atom stereocenters. The number of halogens is 1. The Morgan fingerprint density at radius 1 is 1.21 bits per heavy atom. The van der Waals surface area contributed by atoms with Crippen LogP contribution in [-0.2, 0) is 5.54 Å². The lowest BCUT2D eigenvalue weighted by Gasteiger charge is -2.36. The molecule has 1 amide bonds. The lowest BCUT2D eigenvalue weighted by molar-refractivity contribution is 0.0559. The summed E-state index contributed by atoms with van der Waals surface area (Å²) in [6, 6.07) is 7.57. The number of piperidine rings is 1. The second kappa shape index (κ2) is 7.68. The third kappa shape index (κ3) is 3.24. The Morgan fingerprint density at radius 2 is 2.03 bits per heavy atom. The summed E-state index contributed by atoms with van der Waals surface area (Å²) in [5.74, 6) is 1.58. The molecule has 0 spiro atoms. The number of amides is 1. The molecular weight excluding hydrogens is 450 g/mol. The Morgan fingerprint density at radius 3 is 2.79 bits per heavy atom. The Kier molecular flexibility index (Phi) is 4.94. The summed E-state index contributed by atoms with van der Waals surface area (Å²) in [5.41, 5.74) is 3.96. The number of rotatable bonds is 3. The molecule has 1 aromatic carbocycles. The van der Waals surface area contributed by atoms with Crippen molar-refractivity contribution in [1.82, 2.24) is 19.5 Å². The van der Waals surface area contributed by atoms with Gasteiger partial charge in [0.15, 0.2) is 5.65 Å². The number of carbonyl (C=O) groups is 1. The van der Waals surface area contributed by atoms with Crippen molar-refractivity contribution >= 4 is 29.0 Å². The molecule has 4 heterocycles. The number of β-amino-alcohol motifs (C(OH)–C–C–N with tert-alkyl or cyclic N) is 1. The van der Waals surface area contributed by atoms with E-state index in [9.17, 15) is 9.90 Å². The predicted octanol–water partition coefficient (Wildman–Crippen LogP) is 3.97. The number of nitrogens with zero attached hydrogens (tertiary/aromatic N) is 5. The standard InChI is InChI=1S/C26H30ClN5O2/c1-15-6-7-19(27)9-20(15)25(34)31-8-4-5-18-11-26(18,31)22-10-23-28-24(17(3)13-32(23)29-22)30-12-16(2)21(33)14-30/h6-7,9-10,13,16,18,21,33H,4-5,8,11-12,14H2,1-3H3/t16-,18+,21+,26?/m1/s1. The zero-order chi connectivity index (χ0) is 23.8. The van der Waals surface area contributed by atoms with E-state index in [0.29, 0.717) is 23.0 Å². The molecule has 6 rings (SSSR count). The maximum atomic E-state index is 13.7. The van der Waals surface area contributed by atoms with Crippen LogP contribution in [0.4, 0.5) is 5.82 Å². The Balaban J connectivity index is 1.38. The number of benzene rings is 1. The first kappa shape index (κ1) is 21.9. The van der Waals surface area contributed by atoms with Crippen LogP contribution in [0.5, 0.6) is 0 Å². The monoisotopic (exact) mass is 479 g/mol. The van der Waals surface area contributed by atoms with Gasteiger partial charge >= 0.3 is 0 Å². The molecule has 0 bridgehead atoms. The van der Waals surface area contributed by atoms with Crippen molar-refractivity contribution in [3.8, 4) is 0 Å². The molecule has 8 heteroatoms. The fraction of sp³-hybridized carbons (Fsp3) is 0.500. The van der Waals surface area contributed by atoms with E-state index in [0.717, 1.165) is 60.6 Å². The van der Waals surface area contributed by atoms with Crippen molar-refractivity contribution in [2.24, 2.45) is 11.8 Å². The van der Waals surface area contributed by atoms with Gasteiger partial charge in [0.25, 0.3) is 5.91 Å². The summed E-state index contributed by atoms with van der Waals surface area (Å²) in [5, 5.41) is 15.7. The van der Waals surface area contributed by atoms with Crippen LogP contribution in [0.15, 0.2) is 30.5 Å². The number of anilines is 1. The first-order valence-corrected chi connectivity index (χ1v) is 12.5. The molecule has 4 atom stereocenters. The molecule has 3 aliphatic rings. The van der Waals surface area contributed by atoms with Gasteiger partial charge in [-0.1, -0.05) is 24.6 Å². The number of hydrogen-bond donors (Lipinski definition) is 1. The first-order valence-electron chi connectivity index (χ1n) is 12.2. The summed E-state index contributed by atoms with van der Waals surface area (Å²) < 4.78 is 1.84. The number of aryl methyl sites for hydroxylation is 2. The van der Waals surface area contributed by atoms with E-state index in [1.165, 1.54) is 0 Å². The van der Waals surface area contributed by atoms with E-state index in [2.05, 4.69) is 17.9 Å². The van der Waals surface area contributed by atoms with Crippen molar-refractivity contribution < 1.29 is 9.90 Å². The fourth-order valence-electron chi connectivity index (χ4n) is 6.04. The highest BCUT2D eigenvalue weighted by Crippen LogP contribution is 2.61. The zero-order valence-electron chi connectivity index (χ0n) is 19.8. The fourth-order valence-corrected chi connectivity index (χ4v) is 6.22. The van der Waals surface area contributed by atoms with Gasteiger partial charge in [-0.15, -0.1) is 0 Å². The Hall–Kier alpha value is -2.64. The molecule has 34 heavy (non-hydrogen) atoms. The van der Waals surface area contributed by atoms with Crippen molar-refractivity contribution in [1.29, 1.82) is 0 Å². The normalized spacial score (nSPS) is 28.4. The van der Waals surface area contributed by atoms with Crippen LogP contribution in [0.1, 0.15) is 53.4 Å². The summed E-state index contributed by atoms with van der Waals surface area (Å²) in [4.78, 5) is 22.9. The average molecular weight is 480 g/mol. The lowest BCUT2D eigenvalue weighted by atomic mass is 9.97. The highest BCUT2D eigenvalue weighted by atomic mass is 35.5. The topological polar surface area (TPSA) is 74.0 Å². The second-order valence-electron chi connectivity index (χ2n) is 10.4. The smallest absolute Gasteiger partial charge is 0.254 e. The predicted molar refractivity (Wildman–Crippen MR) is 131 cm³/mol. The quantitative estimate of drug-likeness (QED) is 0.615. The number of hydrogen-bond acceptors (Lipinski definition) is 5. The number of carbonyl (C=O) groups excluding carboxylic acids is 1. The largest absolute Gasteiger partial charge is 0.391 e. The van der Waals surface area contributed by atoms with Gasteiger partial charge in [-0.3, -0.25) is 4.79 Å². The van der Waals surface area contributed by atoms with Crippen LogP contribution in [0.25, 0.3) is 5.65 Å². The highest BCUT2D eigenvalue weighted by Gasteiger charge is 2.63. The van der Waals surface area contributed by atoms with E-state index in [-0.39, 0.29) is 23.5 Å². The summed E-state index contributed by atoms with van der Waals surface area (Å²) in [6.07, 6.45) is 4.72. The molecular formula is C26H30ClN5O2. The molecule has 7 nitrogen and oxygen atoms in total. The summed E-state index contributed by atoms with van der Waals surface area (Å²) in [6.45, 7) is 8.17. The number of aliphatic hydroxyl groups excluding tert-OH is 1. The molecule has 1 aliphatic carbocycles. The highest BCUT2D eigenvalue weighted by molar-refractivity contribution is 6.31. The van der Waals surface area contributed by atoms with Crippen LogP contribution in [0, 0.1) is 25.7 Å². The third-order valence-electron chi connectivity index (χ3n) is 8.08. The second-order valence-corrected chi connectivity index (χ2v) is 10.8. The van der Waals surface area contributed by atoms with Gasteiger partial charge in [0, 0.05) is 54.0 Å². The van der Waals surface area contributed by atoms with Crippen LogP contribution >= 0.6 is 11.6 Å². The molecule has 1 N–H and O–H groups in total. The van der Waals surface area contributed by atoms with E-state index in [4.69, 9.17) is 21.7 Å². The Bertz CT molecular complexity index is 1300. The van der Waals surface area contributed by atoms with Gasteiger partial charge < -0.3 is 14.9 Å². The van der Waals surface area contributed by atoms with E-state index < -0.39 is 0 Å².